The number of aromatic nitrogens is 1. The predicted molar refractivity (Wildman–Crippen MR) is 50.9 cm³/mol. The fraction of sp³-hybridized carbons (Fsp3) is 0.500. The summed E-state index contributed by atoms with van der Waals surface area (Å²) in [7, 11) is 0. The van der Waals surface area contributed by atoms with Crippen molar-refractivity contribution in [3.8, 4) is 0 Å². The number of fused-ring (bicyclic) bond motifs is 1. The van der Waals surface area contributed by atoms with Crippen LogP contribution in [-0.2, 0) is 17.6 Å². The van der Waals surface area contributed by atoms with Crippen molar-refractivity contribution in [2.24, 2.45) is 0 Å². The lowest BCUT2D eigenvalue weighted by Crippen LogP contribution is -2.11. The first-order valence-electron chi connectivity index (χ1n) is 3.84. The Bertz CT molecular complexity index is 319. The third-order valence-corrected chi connectivity index (χ3v) is 4.07. The molecule has 1 aliphatic carbocycles. The van der Waals surface area contributed by atoms with Crippen LogP contribution in [0.5, 0.6) is 0 Å². The highest BCUT2D eigenvalue weighted by atomic mass is 32.2. The molecule has 0 aromatic carbocycles. The monoisotopic (exact) mass is 199 g/mol. The van der Waals surface area contributed by atoms with E-state index >= 15 is 0 Å². The molecule has 12 heavy (non-hydrogen) atoms. The van der Waals surface area contributed by atoms with Gasteiger partial charge in [-0.05, 0) is 12.7 Å². The number of Topliss-reactive ketones (excluding diaryl/α,β-unsaturated/α-hetero) is 1. The maximum Gasteiger partial charge on any atom is 0.150 e. The molecule has 0 bridgehead atoms. The van der Waals surface area contributed by atoms with Gasteiger partial charge >= 0.3 is 0 Å². The summed E-state index contributed by atoms with van der Waals surface area (Å²) in [5.41, 5.74) is 1.03. The van der Waals surface area contributed by atoms with Gasteiger partial charge in [-0.3, -0.25) is 4.79 Å². The topological polar surface area (TPSA) is 30.0 Å². The molecule has 64 valence electrons. The van der Waals surface area contributed by atoms with Crippen LogP contribution in [0.4, 0.5) is 0 Å². The van der Waals surface area contributed by atoms with E-state index in [9.17, 15) is 4.79 Å². The van der Waals surface area contributed by atoms with E-state index in [0.29, 0.717) is 18.6 Å². The van der Waals surface area contributed by atoms with Gasteiger partial charge in [0.25, 0.3) is 0 Å². The van der Waals surface area contributed by atoms with Gasteiger partial charge in [-0.2, -0.15) is 0 Å². The number of hydrogen-bond acceptors (Lipinski definition) is 4. The van der Waals surface area contributed by atoms with Crippen molar-refractivity contribution >= 4 is 28.9 Å². The quantitative estimate of drug-likeness (QED) is 0.647. The summed E-state index contributed by atoms with van der Waals surface area (Å²) >= 11 is 3.40. The van der Waals surface area contributed by atoms with Crippen molar-refractivity contribution in [2.45, 2.75) is 23.6 Å². The summed E-state index contributed by atoms with van der Waals surface area (Å²) in [6.45, 7) is 0. The fourth-order valence-corrected chi connectivity index (χ4v) is 2.95. The van der Waals surface area contributed by atoms with Crippen molar-refractivity contribution in [2.75, 3.05) is 6.26 Å². The van der Waals surface area contributed by atoms with Crippen LogP contribution in [-0.4, -0.2) is 17.0 Å². The Labute approximate surface area is 79.4 Å². The van der Waals surface area contributed by atoms with Gasteiger partial charge in [0.1, 0.15) is 10.1 Å². The third kappa shape index (κ3) is 1.41. The number of thioether (sulfide) groups is 1. The molecule has 2 nitrogen and oxygen atoms in total. The Hall–Kier alpha value is -0.350. The summed E-state index contributed by atoms with van der Waals surface area (Å²) in [5, 5.41) is 0. The molecule has 0 saturated carbocycles. The highest BCUT2D eigenvalue weighted by Gasteiger charge is 2.19. The average molecular weight is 199 g/mol. The molecule has 2 rings (SSSR count). The van der Waals surface area contributed by atoms with Crippen molar-refractivity contribution in [3.63, 3.8) is 0 Å². The molecule has 0 fully saturated rings. The van der Waals surface area contributed by atoms with Crippen molar-refractivity contribution in [1.82, 2.24) is 4.98 Å². The maximum atomic E-state index is 11.1. The largest absolute Gasteiger partial charge is 0.299 e. The second-order valence-electron chi connectivity index (χ2n) is 2.77. The van der Waals surface area contributed by atoms with Crippen molar-refractivity contribution in [3.05, 3.63) is 10.6 Å². The number of nitrogens with zero attached hydrogens (tertiary/aromatic N) is 1. The first-order valence-corrected chi connectivity index (χ1v) is 5.88. The Kier molecular flexibility index (Phi) is 2.19. The lowest BCUT2D eigenvalue weighted by Gasteiger charge is -2.06. The van der Waals surface area contributed by atoms with E-state index in [1.54, 1.807) is 23.1 Å². The van der Waals surface area contributed by atoms with Crippen LogP contribution >= 0.6 is 23.1 Å². The second kappa shape index (κ2) is 3.18. The van der Waals surface area contributed by atoms with E-state index in [2.05, 4.69) is 4.98 Å². The van der Waals surface area contributed by atoms with Crippen molar-refractivity contribution < 1.29 is 4.79 Å². The molecule has 0 spiro atoms. The maximum absolute atomic E-state index is 11.1. The third-order valence-electron chi connectivity index (χ3n) is 1.93. The first kappa shape index (κ1) is 8.26. The molecule has 1 aromatic heterocycles. The van der Waals surface area contributed by atoms with E-state index in [1.807, 2.05) is 6.26 Å². The Morgan fingerprint density at radius 3 is 3.08 bits per heavy atom. The molecule has 0 aliphatic heterocycles. The zero-order valence-corrected chi connectivity index (χ0v) is 8.43. The summed E-state index contributed by atoms with van der Waals surface area (Å²) < 4.78 is 1.09. The minimum absolute atomic E-state index is 0.334. The Balaban J connectivity index is 2.34. The summed E-state index contributed by atoms with van der Waals surface area (Å²) in [6.07, 6.45) is 4.20. The molecule has 0 N–H and O–H groups in total. The molecule has 0 amide bonds. The summed E-state index contributed by atoms with van der Waals surface area (Å²) in [5.74, 6) is 0.334. The molecule has 4 heteroatoms. The number of aryl methyl sites for hydroxylation is 1. The number of carbonyl (C=O) groups excluding carboxylic acids is 1. The normalized spacial score (nSPS) is 16.2. The van der Waals surface area contributed by atoms with Crippen LogP contribution in [0.2, 0.25) is 0 Å². The van der Waals surface area contributed by atoms with Gasteiger partial charge in [-0.15, -0.1) is 11.3 Å². The van der Waals surface area contributed by atoms with E-state index in [-0.39, 0.29) is 0 Å². The van der Waals surface area contributed by atoms with Gasteiger partial charge in [0, 0.05) is 17.7 Å². The minimum atomic E-state index is 0.334. The van der Waals surface area contributed by atoms with E-state index in [0.717, 1.165) is 16.5 Å². The molecule has 0 saturated heterocycles. The van der Waals surface area contributed by atoms with Crippen molar-refractivity contribution in [1.29, 1.82) is 0 Å². The number of ketones is 1. The van der Waals surface area contributed by atoms with E-state index in [4.69, 9.17) is 0 Å². The number of thiazole rings is 1. The summed E-state index contributed by atoms with van der Waals surface area (Å²) in [6, 6.07) is 0. The molecule has 0 radical (unpaired) electrons. The standard InChI is InChI=1S/C8H9NOS2/c1-11-8-9-6-4-5(10)2-3-7(6)12-8/h2-4H2,1H3. The predicted octanol–water partition coefficient (Wildman–Crippen LogP) is 1.92. The molecule has 1 aromatic rings. The van der Waals surface area contributed by atoms with Crippen LogP contribution in [0, 0.1) is 0 Å². The minimum Gasteiger partial charge on any atom is -0.299 e. The van der Waals surface area contributed by atoms with Crippen LogP contribution in [0.1, 0.15) is 17.0 Å². The SMILES string of the molecule is CSc1nc2c(s1)CCC(=O)C2. The van der Waals surface area contributed by atoms with E-state index < -0.39 is 0 Å². The van der Waals surface area contributed by atoms with Crippen LogP contribution in [0.3, 0.4) is 0 Å². The van der Waals surface area contributed by atoms with Gasteiger partial charge in [0.05, 0.1) is 5.69 Å². The van der Waals surface area contributed by atoms with Gasteiger partial charge in [0.15, 0.2) is 0 Å². The molecule has 0 unspecified atom stereocenters. The molecular formula is C8H9NOS2. The highest BCUT2D eigenvalue weighted by Crippen LogP contribution is 2.29. The van der Waals surface area contributed by atoms with Gasteiger partial charge in [-0.1, -0.05) is 11.8 Å². The first-order chi connectivity index (χ1) is 5.79. The van der Waals surface area contributed by atoms with Crippen LogP contribution in [0.25, 0.3) is 0 Å². The zero-order chi connectivity index (χ0) is 8.55. The number of carbonyl (C=O) groups is 1. The molecule has 1 aliphatic rings. The van der Waals surface area contributed by atoms with E-state index in [1.165, 1.54) is 4.88 Å². The smallest absolute Gasteiger partial charge is 0.150 e. The molecule has 1 heterocycles. The Morgan fingerprint density at radius 2 is 2.33 bits per heavy atom. The Morgan fingerprint density at radius 1 is 1.50 bits per heavy atom. The summed E-state index contributed by atoms with van der Waals surface area (Å²) in [4.78, 5) is 16.8. The molecular weight excluding hydrogens is 190 g/mol. The lowest BCUT2D eigenvalue weighted by molar-refractivity contribution is -0.118. The van der Waals surface area contributed by atoms with Gasteiger partial charge < -0.3 is 0 Å². The average Bonchev–Trinajstić information content (AvgIpc) is 2.46. The zero-order valence-electron chi connectivity index (χ0n) is 6.79. The fourth-order valence-electron chi connectivity index (χ4n) is 1.31. The second-order valence-corrected chi connectivity index (χ2v) is 4.91. The van der Waals surface area contributed by atoms with Crippen LogP contribution < -0.4 is 0 Å². The number of rotatable bonds is 1. The van der Waals surface area contributed by atoms with Gasteiger partial charge in [-0.25, -0.2) is 4.98 Å². The van der Waals surface area contributed by atoms with Crippen LogP contribution in [0.15, 0.2) is 4.34 Å². The highest BCUT2D eigenvalue weighted by molar-refractivity contribution is 8.00. The molecule has 0 atom stereocenters. The van der Waals surface area contributed by atoms with Gasteiger partial charge in [0.2, 0.25) is 0 Å². The lowest BCUT2D eigenvalue weighted by atomic mass is 10.0. The number of hydrogen-bond donors (Lipinski definition) is 0.